The molecule has 1 unspecified atom stereocenters. The van der Waals surface area contributed by atoms with E-state index in [1.807, 2.05) is 43.3 Å². The number of carbonyl (C=O) groups excluding carboxylic acids is 1. The van der Waals surface area contributed by atoms with Crippen LogP contribution in [-0.2, 0) is 9.53 Å². The molecule has 1 aromatic carbocycles. The molecule has 0 saturated carbocycles. The van der Waals surface area contributed by atoms with Crippen molar-refractivity contribution < 1.29 is 14.3 Å². The number of anilines is 1. The van der Waals surface area contributed by atoms with Gasteiger partial charge in [-0.1, -0.05) is 30.2 Å². The first kappa shape index (κ1) is 18.0. The molecule has 1 atom stereocenters. The largest absolute Gasteiger partial charge is 0.398 e. The Morgan fingerprint density at radius 2 is 2.12 bits per heavy atom. The molecule has 0 N–H and O–H groups in total. The zero-order chi connectivity index (χ0) is 18.4. The van der Waals surface area contributed by atoms with Gasteiger partial charge in [-0.25, -0.2) is 4.79 Å². The van der Waals surface area contributed by atoms with Gasteiger partial charge in [0.25, 0.3) is 0 Å². The summed E-state index contributed by atoms with van der Waals surface area (Å²) in [5, 5.41) is 0. The maximum atomic E-state index is 12.0. The first-order valence-electron chi connectivity index (χ1n) is 8.66. The maximum absolute atomic E-state index is 12.0. The van der Waals surface area contributed by atoms with Gasteiger partial charge in [-0.3, -0.25) is 0 Å². The van der Waals surface area contributed by atoms with E-state index in [1.165, 1.54) is 0 Å². The molecule has 1 fully saturated rings. The van der Waals surface area contributed by atoms with Crippen LogP contribution in [0.15, 0.2) is 42.5 Å². The van der Waals surface area contributed by atoms with Crippen molar-refractivity contribution in [3.63, 3.8) is 0 Å². The van der Waals surface area contributed by atoms with Crippen LogP contribution in [0.1, 0.15) is 17.5 Å². The van der Waals surface area contributed by atoms with E-state index in [4.69, 9.17) is 9.47 Å². The second kappa shape index (κ2) is 8.50. The van der Waals surface area contributed by atoms with Crippen molar-refractivity contribution in [3.05, 3.63) is 53.6 Å². The molecule has 2 heterocycles. The molecule has 134 valence electrons. The SMILES string of the molecule is COCC1CCN(c2cccc(OC(=O)C#Cc3ccccc3C)n2)C1. The normalized spacial score (nSPS) is 16.1. The molecule has 2 aromatic rings. The molecule has 3 rings (SSSR count). The Kier molecular flexibility index (Phi) is 5.88. The van der Waals surface area contributed by atoms with Crippen molar-refractivity contribution in [2.24, 2.45) is 5.92 Å². The Bertz CT molecular complexity index is 838. The molecular weight excluding hydrogens is 328 g/mol. The number of pyridine rings is 1. The Hall–Kier alpha value is -2.84. The average Bonchev–Trinajstić information content (AvgIpc) is 3.10. The molecule has 0 amide bonds. The van der Waals surface area contributed by atoms with Crippen LogP contribution in [0.5, 0.6) is 5.88 Å². The first-order valence-corrected chi connectivity index (χ1v) is 8.66. The summed E-state index contributed by atoms with van der Waals surface area (Å²) < 4.78 is 10.5. The van der Waals surface area contributed by atoms with Crippen LogP contribution < -0.4 is 9.64 Å². The van der Waals surface area contributed by atoms with Crippen molar-refractivity contribution >= 4 is 11.8 Å². The van der Waals surface area contributed by atoms with E-state index in [-0.39, 0.29) is 5.88 Å². The summed E-state index contributed by atoms with van der Waals surface area (Å²) in [6, 6.07) is 13.1. The van der Waals surface area contributed by atoms with Crippen molar-refractivity contribution in [3.8, 4) is 17.7 Å². The summed E-state index contributed by atoms with van der Waals surface area (Å²) in [5.41, 5.74) is 1.83. The van der Waals surface area contributed by atoms with Gasteiger partial charge in [-0.2, -0.15) is 4.98 Å². The Morgan fingerprint density at radius 3 is 2.92 bits per heavy atom. The van der Waals surface area contributed by atoms with E-state index < -0.39 is 5.97 Å². The van der Waals surface area contributed by atoms with Gasteiger partial charge in [0.1, 0.15) is 5.82 Å². The fourth-order valence-corrected chi connectivity index (χ4v) is 3.00. The monoisotopic (exact) mass is 350 g/mol. The maximum Gasteiger partial charge on any atom is 0.391 e. The van der Waals surface area contributed by atoms with Gasteiger partial charge in [0.15, 0.2) is 0 Å². The summed E-state index contributed by atoms with van der Waals surface area (Å²) in [6.07, 6.45) is 1.07. The van der Waals surface area contributed by atoms with Crippen LogP contribution in [0, 0.1) is 24.7 Å². The summed E-state index contributed by atoms with van der Waals surface area (Å²) in [6.45, 7) is 4.52. The number of ether oxygens (including phenoxy) is 2. The fourth-order valence-electron chi connectivity index (χ4n) is 3.00. The molecule has 1 aromatic heterocycles. The van der Waals surface area contributed by atoms with Crippen LogP contribution in [0.2, 0.25) is 0 Å². The van der Waals surface area contributed by atoms with Crippen LogP contribution in [0.25, 0.3) is 0 Å². The van der Waals surface area contributed by atoms with Crippen molar-refractivity contribution in [1.29, 1.82) is 0 Å². The van der Waals surface area contributed by atoms with Gasteiger partial charge in [0.2, 0.25) is 5.88 Å². The quantitative estimate of drug-likeness (QED) is 0.627. The number of benzene rings is 1. The molecule has 1 saturated heterocycles. The third-order valence-electron chi connectivity index (χ3n) is 4.36. The van der Waals surface area contributed by atoms with Crippen LogP contribution in [-0.4, -0.2) is 37.8 Å². The number of hydrogen-bond acceptors (Lipinski definition) is 5. The lowest BCUT2D eigenvalue weighted by Gasteiger charge is -2.17. The molecule has 0 aliphatic carbocycles. The van der Waals surface area contributed by atoms with Gasteiger partial charge >= 0.3 is 5.97 Å². The predicted octanol–water partition coefficient (Wildman–Crippen LogP) is 2.82. The molecular formula is C21H22N2O3. The molecule has 0 spiro atoms. The lowest BCUT2D eigenvalue weighted by molar-refractivity contribution is -0.128. The van der Waals surface area contributed by atoms with Crippen molar-refractivity contribution in [2.75, 3.05) is 31.7 Å². The smallest absolute Gasteiger partial charge is 0.391 e. The molecule has 26 heavy (non-hydrogen) atoms. The second-order valence-electron chi connectivity index (χ2n) is 6.34. The van der Waals surface area contributed by atoms with E-state index in [2.05, 4.69) is 21.7 Å². The van der Waals surface area contributed by atoms with E-state index in [1.54, 1.807) is 13.2 Å². The lowest BCUT2D eigenvalue weighted by Crippen LogP contribution is -2.22. The number of rotatable bonds is 4. The highest BCUT2D eigenvalue weighted by Gasteiger charge is 2.23. The van der Waals surface area contributed by atoms with Crippen molar-refractivity contribution in [2.45, 2.75) is 13.3 Å². The molecule has 5 heteroatoms. The van der Waals surface area contributed by atoms with E-state index in [0.29, 0.717) is 5.92 Å². The first-order chi connectivity index (χ1) is 12.7. The van der Waals surface area contributed by atoms with Gasteiger partial charge in [0, 0.05) is 43.7 Å². The number of carbonyl (C=O) groups is 1. The molecule has 5 nitrogen and oxygen atoms in total. The highest BCUT2D eigenvalue weighted by molar-refractivity contribution is 5.90. The highest BCUT2D eigenvalue weighted by Crippen LogP contribution is 2.24. The number of aryl methyl sites for hydroxylation is 1. The zero-order valence-electron chi connectivity index (χ0n) is 15.1. The fraction of sp³-hybridized carbons (Fsp3) is 0.333. The van der Waals surface area contributed by atoms with Gasteiger partial charge in [0.05, 0.1) is 6.61 Å². The van der Waals surface area contributed by atoms with Gasteiger partial charge < -0.3 is 14.4 Å². The molecule has 1 aliphatic rings. The standard InChI is InChI=1S/C21H22N2O3/c1-16-6-3-4-7-18(16)10-11-21(24)26-20-9-5-8-19(22-20)23-13-12-17(14-23)15-25-2/h3-9,17H,12-15H2,1-2H3. The minimum absolute atomic E-state index is 0.266. The summed E-state index contributed by atoms with van der Waals surface area (Å²) >= 11 is 0. The van der Waals surface area contributed by atoms with E-state index >= 15 is 0 Å². The highest BCUT2D eigenvalue weighted by atomic mass is 16.5. The third-order valence-corrected chi connectivity index (χ3v) is 4.36. The summed E-state index contributed by atoms with van der Waals surface area (Å²) in [7, 11) is 1.72. The lowest BCUT2D eigenvalue weighted by atomic mass is 10.1. The minimum atomic E-state index is -0.614. The predicted molar refractivity (Wildman–Crippen MR) is 100 cm³/mol. The topological polar surface area (TPSA) is 51.7 Å². The Labute approximate surface area is 153 Å². The molecule has 0 radical (unpaired) electrons. The summed E-state index contributed by atoms with van der Waals surface area (Å²) in [4.78, 5) is 18.6. The number of nitrogens with zero attached hydrogens (tertiary/aromatic N) is 2. The number of hydrogen-bond donors (Lipinski definition) is 0. The second-order valence-corrected chi connectivity index (χ2v) is 6.34. The zero-order valence-corrected chi connectivity index (χ0v) is 15.1. The number of methoxy groups -OCH3 is 1. The average molecular weight is 350 g/mol. The van der Waals surface area contributed by atoms with Crippen LogP contribution in [0.3, 0.4) is 0 Å². The Morgan fingerprint density at radius 1 is 1.27 bits per heavy atom. The molecule has 1 aliphatic heterocycles. The van der Waals surface area contributed by atoms with Crippen LogP contribution in [0.4, 0.5) is 5.82 Å². The van der Waals surface area contributed by atoms with Gasteiger partial charge in [-0.15, -0.1) is 0 Å². The van der Waals surface area contributed by atoms with E-state index in [0.717, 1.165) is 43.1 Å². The number of esters is 1. The third kappa shape index (κ3) is 4.62. The van der Waals surface area contributed by atoms with Crippen molar-refractivity contribution in [1.82, 2.24) is 4.98 Å². The minimum Gasteiger partial charge on any atom is -0.398 e. The number of aromatic nitrogens is 1. The molecule has 0 bridgehead atoms. The van der Waals surface area contributed by atoms with Crippen LogP contribution >= 0.6 is 0 Å². The van der Waals surface area contributed by atoms with Gasteiger partial charge in [-0.05, 0) is 31.0 Å². The summed E-state index contributed by atoms with van der Waals surface area (Å²) in [5.74, 6) is 6.33. The van der Waals surface area contributed by atoms with E-state index in [9.17, 15) is 4.79 Å². The Balaban J connectivity index is 1.64.